The summed E-state index contributed by atoms with van der Waals surface area (Å²) in [7, 11) is 4.62. The molecule has 13 heteroatoms. The van der Waals surface area contributed by atoms with Gasteiger partial charge in [-0.05, 0) is 52.9 Å². The van der Waals surface area contributed by atoms with Gasteiger partial charge in [0, 0.05) is 29.5 Å². The summed E-state index contributed by atoms with van der Waals surface area (Å²) in [5, 5.41) is 50.1. The minimum absolute atomic E-state index is 0.00335. The molecule has 1 saturated carbocycles. The van der Waals surface area contributed by atoms with E-state index in [1.54, 1.807) is 7.05 Å². The lowest BCUT2D eigenvalue weighted by Crippen LogP contribution is -2.65. The summed E-state index contributed by atoms with van der Waals surface area (Å²) < 4.78 is 16.0. The molecule has 1 fully saturated rings. The van der Waals surface area contributed by atoms with Gasteiger partial charge in [0.2, 0.25) is 11.7 Å². The minimum atomic E-state index is -2.80. The Morgan fingerprint density at radius 2 is 1.85 bits per heavy atom. The molecule has 4 rings (SSSR count). The number of carbonyl (C=O) groups is 4. The number of aliphatic hydroxyl groups excluding tert-OH is 2. The number of amides is 2. The summed E-state index contributed by atoms with van der Waals surface area (Å²) >= 11 is 0. The van der Waals surface area contributed by atoms with Crippen LogP contribution in [0.5, 0.6) is 5.75 Å². The van der Waals surface area contributed by atoms with Crippen LogP contribution in [0.1, 0.15) is 30.0 Å². The fourth-order valence-electron chi connectivity index (χ4n) is 6.19. The number of hydrogen-bond acceptors (Lipinski definition) is 10. The molecule has 0 aliphatic heterocycles. The number of Topliss-reactive ketones (excluding diaryl/α,β-unsaturated/α-hetero) is 2. The number of halogens is 1. The summed E-state index contributed by atoms with van der Waals surface area (Å²) in [5.74, 6) is -9.72. The molecule has 3 aliphatic rings. The van der Waals surface area contributed by atoms with Gasteiger partial charge in [-0.25, -0.2) is 4.39 Å². The monoisotopic (exact) mass is 546 g/mol. The van der Waals surface area contributed by atoms with E-state index < -0.39 is 86.7 Å². The first-order valence-corrected chi connectivity index (χ1v) is 12.3. The first-order chi connectivity index (χ1) is 18.2. The number of phenols is 1. The van der Waals surface area contributed by atoms with Crippen molar-refractivity contribution in [3.63, 3.8) is 0 Å². The number of phenolic OH excluding ortho intramolecular Hbond substituents is 1. The molecule has 0 bridgehead atoms. The Morgan fingerprint density at radius 1 is 1.21 bits per heavy atom. The minimum Gasteiger partial charge on any atom is -0.508 e. The molecule has 4 atom stereocenters. The molecular formula is C26H31FN4O8. The molecule has 2 amide bonds. The Labute approximate surface area is 223 Å². The van der Waals surface area contributed by atoms with Gasteiger partial charge in [-0.15, -0.1) is 0 Å². The van der Waals surface area contributed by atoms with Crippen LogP contribution >= 0.6 is 0 Å². The number of nitrogens with two attached hydrogens (primary N) is 1. The average Bonchev–Trinajstić information content (AvgIpc) is 2.83. The predicted molar refractivity (Wildman–Crippen MR) is 136 cm³/mol. The van der Waals surface area contributed by atoms with Crippen molar-refractivity contribution in [2.45, 2.75) is 37.8 Å². The molecule has 210 valence electrons. The maximum absolute atomic E-state index is 16.0. The fraction of sp³-hybridized carbons (Fsp3) is 0.462. The largest absolute Gasteiger partial charge is 0.508 e. The van der Waals surface area contributed by atoms with Crippen LogP contribution in [0.3, 0.4) is 0 Å². The van der Waals surface area contributed by atoms with Crippen molar-refractivity contribution in [1.82, 2.24) is 10.2 Å². The number of anilines is 1. The normalized spacial score (nSPS) is 26.4. The second-order valence-electron chi connectivity index (χ2n) is 10.4. The third kappa shape index (κ3) is 3.99. The zero-order valence-electron chi connectivity index (χ0n) is 21.9. The molecular weight excluding hydrogens is 515 g/mol. The summed E-state index contributed by atoms with van der Waals surface area (Å²) in [5.41, 5.74) is 0.374. The molecule has 0 heterocycles. The molecule has 0 saturated heterocycles. The van der Waals surface area contributed by atoms with E-state index in [9.17, 15) is 39.6 Å². The molecule has 0 radical (unpaired) electrons. The van der Waals surface area contributed by atoms with Gasteiger partial charge in [0.1, 0.15) is 22.9 Å². The standard InChI is InChI=1S/C26H31FN4O8/c1-9(32)30-18-11(5-6-29-2)17(27)12-7-10-8-13-19(31(3)4)22(35)16(25(28)38)24(37)26(13,39)23(36)14(10)20(33)15(12)21(18)34/h10,13,19,29,33-34,37,39H,5-8H2,1-4H3,(H2,28,38)(H,30,32)/t10-,13-,19-,26-/m0/s1. The van der Waals surface area contributed by atoms with Crippen molar-refractivity contribution in [1.29, 1.82) is 0 Å². The number of rotatable bonds is 6. The van der Waals surface area contributed by atoms with Crippen molar-refractivity contribution in [3.05, 3.63) is 39.4 Å². The fourth-order valence-corrected chi connectivity index (χ4v) is 6.19. The molecule has 12 nitrogen and oxygen atoms in total. The van der Waals surface area contributed by atoms with Gasteiger partial charge in [-0.3, -0.25) is 24.1 Å². The summed E-state index contributed by atoms with van der Waals surface area (Å²) in [6.07, 6.45) is -0.278. The smallest absolute Gasteiger partial charge is 0.255 e. The first kappa shape index (κ1) is 28.2. The van der Waals surface area contributed by atoms with Crippen LogP contribution < -0.4 is 16.4 Å². The number of nitrogens with zero attached hydrogens (tertiary/aromatic N) is 1. The van der Waals surface area contributed by atoms with Gasteiger partial charge in [0.15, 0.2) is 17.1 Å². The molecule has 39 heavy (non-hydrogen) atoms. The van der Waals surface area contributed by atoms with Crippen molar-refractivity contribution in [2.75, 3.05) is 33.0 Å². The molecule has 3 aliphatic carbocycles. The molecule has 0 aromatic heterocycles. The molecule has 1 aromatic carbocycles. The lowest BCUT2D eigenvalue weighted by Gasteiger charge is -2.50. The van der Waals surface area contributed by atoms with Crippen molar-refractivity contribution >= 4 is 34.8 Å². The van der Waals surface area contributed by atoms with Crippen LogP contribution in [0.4, 0.5) is 10.1 Å². The number of ketones is 2. The Hall–Kier alpha value is -3.81. The average molecular weight is 547 g/mol. The lowest BCUT2D eigenvalue weighted by atomic mass is 9.57. The van der Waals surface area contributed by atoms with Crippen molar-refractivity contribution in [3.8, 4) is 5.75 Å². The van der Waals surface area contributed by atoms with E-state index in [4.69, 9.17) is 5.73 Å². The highest BCUT2D eigenvalue weighted by molar-refractivity contribution is 6.24. The Kier molecular flexibility index (Phi) is 7.04. The number of benzene rings is 1. The third-order valence-electron chi connectivity index (χ3n) is 7.85. The van der Waals surface area contributed by atoms with Crippen LogP contribution in [-0.4, -0.2) is 88.0 Å². The van der Waals surface area contributed by atoms with Gasteiger partial charge < -0.3 is 36.8 Å². The van der Waals surface area contributed by atoms with Crippen LogP contribution in [0.2, 0.25) is 0 Å². The molecule has 0 spiro atoms. The van der Waals surface area contributed by atoms with Crippen molar-refractivity contribution < 1.29 is 44.0 Å². The van der Waals surface area contributed by atoms with E-state index in [1.165, 1.54) is 19.0 Å². The quantitative estimate of drug-likeness (QED) is 0.185. The number of aliphatic hydroxyl groups is 3. The lowest BCUT2D eigenvalue weighted by molar-refractivity contribution is -0.153. The van der Waals surface area contributed by atoms with Gasteiger partial charge in [0.05, 0.1) is 17.3 Å². The predicted octanol–water partition coefficient (Wildman–Crippen LogP) is -0.177. The zero-order valence-corrected chi connectivity index (χ0v) is 21.9. The number of likely N-dealkylation sites (N-methyl/N-ethyl adjacent to an activating group) is 2. The topological polar surface area (TPSA) is 203 Å². The highest BCUT2D eigenvalue weighted by atomic mass is 19.1. The van der Waals surface area contributed by atoms with Gasteiger partial charge >= 0.3 is 0 Å². The number of aromatic hydroxyl groups is 1. The number of carbonyl (C=O) groups excluding carboxylic acids is 4. The maximum atomic E-state index is 16.0. The molecule has 1 aromatic rings. The van der Waals surface area contributed by atoms with Crippen LogP contribution in [0.25, 0.3) is 5.76 Å². The van der Waals surface area contributed by atoms with Gasteiger partial charge in [-0.1, -0.05) is 0 Å². The van der Waals surface area contributed by atoms with Crippen LogP contribution in [0.15, 0.2) is 16.9 Å². The second kappa shape index (κ2) is 9.74. The zero-order chi connectivity index (χ0) is 29.1. The van der Waals surface area contributed by atoms with E-state index in [2.05, 4.69) is 10.6 Å². The Bertz CT molecular complexity index is 1380. The van der Waals surface area contributed by atoms with E-state index in [-0.39, 0.29) is 36.1 Å². The molecule has 8 N–H and O–H groups in total. The summed E-state index contributed by atoms with van der Waals surface area (Å²) in [6.45, 7) is 1.45. The number of fused-ring (bicyclic) bond motifs is 3. The van der Waals surface area contributed by atoms with E-state index >= 15 is 4.39 Å². The van der Waals surface area contributed by atoms with E-state index in [1.807, 2.05) is 0 Å². The van der Waals surface area contributed by atoms with E-state index in [0.29, 0.717) is 6.54 Å². The number of hydrogen-bond donors (Lipinski definition) is 7. The summed E-state index contributed by atoms with van der Waals surface area (Å²) in [6, 6.07) is -1.24. The van der Waals surface area contributed by atoms with Crippen molar-refractivity contribution in [2.24, 2.45) is 17.6 Å². The SMILES string of the molecule is CNCCc1c(F)c2c(c(O)c1NC(C)=O)C(O)=C1C(=O)[C@]3(O)C(O)=C(C(N)=O)C(=O)[C@@H](N(C)C)[C@@H]3C[C@@H]1C2. The third-order valence-corrected chi connectivity index (χ3v) is 7.85. The Morgan fingerprint density at radius 3 is 2.38 bits per heavy atom. The van der Waals surface area contributed by atoms with Gasteiger partial charge in [-0.2, -0.15) is 0 Å². The summed E-state index contributed by atoms with van der Waals surface area (Å²) in [4.78, 5) is 52.3. The second-order valence-corrected chi connectivity index (χ2v) is 10.4. The van der Waals surface area contributed by atoms with Crippen LogP contribution in [-0.2, 0) is 32.0 Å². The number of primary amides is 1. The molecule has 0 unspecified atom stereocenters. The van der Waals surface area contributed by atoms with Gasteiger partial charge in [0.25, 0.3) is 5.91 Å². The highest BCUT2D eigenvalue weighted by Gasteiger charge is 2.64. The van der Waals surface area contributed by atoms with E-state index in [0.717, 1.165) is 6.92 Å². The van der Waals surface area contributed by atoms with Crippen LogP contribution in [0, 0.1) is 17.7 Å². The number of nitrogens with one attached hydrogen (secondary N) is 2. The highest BCUT2D eigenvalue weighted by Crippen LogP contribution is 2.54. The first-order valence-electron chi connectivity index (χ1n) is 12.3. The Balaban J connectivity index is 1.99. The maximum Gasteiger partial charge on any atom is 0.255 e.